The van der Waals surface area contributed by atoms with Crippen molar-refractivity contribution in [1.29, 1.82) is 0 Å². The third-order valence-electron chi connectivity index (χ3n) is 3.53. The van der Waals surface area contributed by atoms with Gasteiger partial charge in [0, 0.05) is 18.4 Å². The van der Waals surface area contributed by atoms with Gasteiger partial charge in [-0.25, -0.2) is 4.39 Å². The highest BCUT2D eigenvalue weighted by Gasteiger charge is 2.26. The number of carbonyl (C=O) groups is 1. The second kappa shape index (κ2) is 5.57. The molecule has 0 radical (unpaired) electrons. The SMILES string of the molecule is Nc1c[nH]c(C(=O)N2CCOC(c3ccc(F)cc3)C2)c1. The van der Waals surface area contributed by atoms with Crippen molar-refractivity contribution in [2.24, 2.45) is 0 Å². The fourth-order valence-corrected chi connectivity index (χ4v) is 2.42. The summed E-state index contributed by atoms with van der Waals surface area (Å²) in [5, 5.41) is 0. The average molecular weight is 289 g/mol. The summed E-state index contributed by atoms with van der Waals surface area (Å²) in [6.45, 7) is 1.41. The molecule has 5 nitrogen and oxygen atoms in total. The van der Waals surface area contributed by atoms with Crippen LogP contribution in [0.4, 0.5) is 10.1 Å². The molecule has 21 heavy (non-hydrogen) atoms. The van der Waals surface area contributed by atoms with Crippen LogP contribution in [0.25, 0.3) is 0 Å². The van der Waals surface area contributed by atoms with E-state index < -0.39 is 0 Å². The van der Waals surface area contributed by atoms with E-state index in [1.165, 1.54) is 12.1 Å². The number of benzene rings is 1. The Morgan fingerprint density at radius 3 is 2.81 bits per heavy atom. The minimum absolute atomic E-state index is 0.109. The van der Waals surface area contributed by atoms with E-state index in [4.69, 9.17) is 10.5 Å². The Kier molecular flexibility index (Phi) is 3.62. The number of halogens is 1. The maximum atomic E-state index is 13.0. The van der Waals surface area contributed by atoms with Gasteiger partial charge in [0.05, 0.1) is 13.2 Å². The molecule has 6 heteroatoms. The summed E-state index contributed by atoms with van der Waals surface area (Å²) in [5.74, 6) is -0.397. The number of nitrogens with zero attached hydrogens (tertiary/aromatic N) is 1. The lowest BCUT2D eigenvalue weighted by Crippen LogP contribution is -2.42. The largest absolute Gasteiger partial charge is 0.397 e. The zero-order chi connectivity index (χ0) is 14.8. The minimum Gasteiger partial charge on any atom is -0.397 e. The molecule has 1 unspecified atom stereocenters. The van der Waals surface area contributed by atoms with E-state index in [1.807, 2.05) is 0 Å². The number of H-pyrrole nitrogens is 1. The number of nitrogen functional groups attached to an aromatic ring is 1. The number of hydrogen-bond acceptors (Lipinski definition) is 3. The van der Waals surface area contributed by atoms with Crippen LogP contribution in [0.15, 0.2) is 36.5 Å². The predicted octanol–water partition coefficient (Wildman–Crippen LogP) is 1.95. The zero-order valence-corrected chi connectivity index (χ0v) is 11.4. The van der Waals surface area contributed by atoms with Gasteiger partial charge in [0.15, 0.2) is 0 Å². The van der Waals surface area contributed by atoms with Crippen molar-refractivity contribution in [1.82, 2.24) is 9.88 Å². The third-order valence-corrected chi connectivity index (χ3v) is 3.53. The monoisotopic (exact) mass is 289 g/mol. The quantitative estimate of drug-likeness (QED) is 0.887. The number of aromatic nitrogens is 1. The van der Waals surface area contributed by atoms with Crippen molar-refractivity contribution in [3.8, 4) is 0 Å². The van der Waals surface area contributed by atoms with E-state index >= 15 is 0 Å². The third kappa shape index (κ3) is 2.90. The average Bonchev–Trinajstić information content (AvgIpc) is 2.94. The number of nitrogens with two attached hydrogens (primary N) is 1. The van der Waals surface area contributed by atoms with Crippen molar-refractivity contribution < 1.29 is 13.9 Å². The highest BCUT2D eigenvalue weighted by Crippen LogP contribution is 2.23. The van der Waals surface area contributed by atoms with Crippen molar-refractivity contribution in [3.63, 3.8) is 0 Å². The first kappa shape index (κ1) is 13.6. The van der Waals surface area contributed by atoms with Crippen LogP contribution in [0.1, 0.15) is 22.2 Å². The number of rotatable bonds is 2. The number of aromatic amines is 1. The summed E-state index contributed by atoms with van der Waals surface area (Å²) in [5.41, 5.74) is 7.47. The maximum Gasteiger partial charge on any atom is 0.270 e. The fourth-order valence-electron chi connectivity index (χ4n) is 2.42. The molecule has 3 N–H and O–H groups in total. The van der Waals surface area contributed by atoms with Crippen LogP contribution in [0, 0.1) is 5.82 Å². The molecule has 1 aromatic carbocycles. The van der Waals surface area contributed by atoms with Crippen LogP contribution in [0.5, 0.6) is 0 Å². The zero-order valence-electron chi connectivity index (χ0n) is 11.4. The molecular weight excluding hydrogens is 273 g/mol. The van der Waals surface area contributed by atoms with Crippen LogP contribution < -0.4 is 5.73 Å². The highest BCUT2D eigenvalue weighted by atomic mass is 19.1. The van der Waals surface area contributed by atoms with E-state index in [-0.39, 0.29) is 17.8 Å². The second-order valence-electron chi connectivity index (χ2n) is 5.01. The molecule has 1 atom stereocenters. The highest BCUT2D eigenvalue weighted by molar-refractivity contribution is 5.93. The van der Waals surface area contributed by atoms with Gasteiger partial charge in [-0.3, -0.25) is 4.79 Å². The Morgan fingerprint density at radius 1 is 1.38 bits per heavy atom. The molecule has 2 heterocycles. The van der Waals surface area contributed by atoms with E-state index in [2.05, 4.69) is 4.98 Å². The van der Waals surface area contributed by atoms with Crippen molar-refractivity contribution in [3.05, 3.63) is 53.6 Å². The number of anilines is 1. The first-order chi connectivity index (χ1) is 10.1. The van der Waals surface area contributed by atoms with Gasteiger partial charge in [-0.15, -0.1) is 0 Å². The van der Waals surface area contributed by atoms with Gasteiger partial charge < -0.3 is 20.4 Å². The summed E-state index contributed by atoms with van der Waals surface area (Å²) in [6.07, 6.45) is 1.35. The number of carbonyl (C=O) groups excluding carboxylic acids is 1. The lowest BCUT2D eigenvalue weighted by molar-refractivity contribution is -0.0230. The number of nitrogens with one attached hydrogen (secondary N) is 1. The van der Waals surface area contributed by atoms with Crippen LogP contribution in [0.2, 0.25) is 0 Å². The maximum absolute atomic E-state index is 13.0. The first-order valence-electron chi connectivity index (χ1n) is 6.74. The van der Waals surface area contributed by atoms with Gasteiger partial charge in [0.25, 0.3) is 5.91 Å². The summed E-state index contributed by atoms with van der Waals surface area (Å²) >= 11 is 0. The smallest absolute Gasteiger partial charge is 0.270 e. The van der Waals surface area contributed by atoms with Gasteiger partial charge in [-0.2, -0.15) is 0 Å². The van der Waals surface area contributed by atoms with Crippen LogP contribution in [-0.2, 0) is 4.74 Å². The lowest BCUT2D eigenvalue weighted by atomic mass is 10.1. The molecule has 1 fully saturated rings. The lowest BCUT2D eigenvalue weighted by Gasteiger charge is -2.33. The normalized spacial score (nSPS) is 18.7. The van der Waals surface area contributed by atoms with Gasteiger partial charge in [0.2, 0.25) is 0 Å². The van der Waals surface area contributed by atoms with Gasteiger partial charge in [-0.05, 0) is 23.8 Å². The molecule has 1 aliphatic heterocycles. The van der Waals surface area contributed by atoms with E-state index in [0.29, 0.717) is 31.1 Å². The van der Waals surface area contributed by atoms with Crippen LogP contribution in [-0.4, -0.2) is 35.5 Å². The first-order valence-corrected chi connectivity index (χ1v) is 6.74. The predicted molar refractivity (Wildman–Crippen MR) is 76.2 cm³/mol. The molecule has 1 amide bonds. The van der Waals surface area contributed by atoms with E-state index in [0.717, 1.165) is 5.56 Å². The Bertz CT molecular complexity index is 639. The minimum atomic E-state index is -0.288. The van der Waals surface area contributed by atoms with Gasteiger partial charge in [0.1, 0.15) is 17.6 Å². The Morgan fingerprint density at radius 2 is 2.14 bits per heavy atom. The Balaban J connectivity index is 1.73. The molecule has 0 bridgehead atoms. The summed E-state index contributed by atoms with van der Waals surface area (Å²) in [7, 11) is 0. The van der Waals surface area contributed by atoms with Crippen molar-refractivity contribution in [2.75, 3.05) is 25.4 Å². The molecule has 1 aliphatic rings. The van der Waals surface area contributed by atoms with Crippen LogP contribution >= 0.6 is 0 Å². The fraction of sp³-hybridized carbons (Fsp3) is 0.267. The molecule has 0 spiro atoms. The summed E-state index contributed by atoms with van der Waals surface area (Å²) < 4.78 is 18.6. The molecule has 1 aromatic heterocycles. The molecule has 3 rings (SSSR count). The van der Waals surface area contributed by atoms with Crippen molar-refractivity contribution in [2.45, 2.75) is 6.10 Å². The number of ether oxygens (including phenoxy) is 1. The molecular formula is C15H16FN3O2. The Labute approximate surface area is 121 Å². The molecule has 110 valence electrons. The second-order valence-corrected chi connectivity index (χ2v) is 5.01. The summed E-state index contributed by atoms with van der Waals surface area (Å²) in [6, 6.07) is 7.77. The molecule has 0 saturated carbocycles. The van der Waals surface area contributed by atoms with E-state index in [9.17, 15) is 9.18 Å². The van der Waals surface area contributed by atoms with Gasteiger partial charge in [-0.1, -0.05) is 12.1 Å². The van der Waals surface area contributed by atoms with Crippen LogP contribution in [0.3, 0.4) is 0 Å². The Hall–Kier alpha value is -2.34. The summed E-state index contributed by atoms with van der Waals surface area (Å²) in [4.78, 5) is 16.9. The van der Waals surface area contributed by atoms with E-state index in [1.54, 1.807) is 29.3 Å². The van der Waals surface area contributed by atoms with Gasteiger partial charge >= 0.3 is 0 Å². The number of morpholine rings is 1. The van der Waals surface area contributed by atoms with Crippen molar-refractivity contribution >= 4 is 11.6 Å². The topological polar surface area (TPSA) is 71.4 Å². The molecule has 0 aliphatic carbocycles. The standard InChI is InChI=1S/C15H16FN3O2/c16-11-3-1-10(2-4-11)14-9-19(5-6-21-14)15(20)13-7-12(17)8-18-13/h1-4,7-8,14,18H,5-6,9,17H2. The number of hydrogen-bond donors (Lipinski definition) is 2. The number of amides is 1. The molecule has 2 aromatic rings. The molecule has 1 saturated heterocycles.